The van der Waals surface area contributed by atoms with Crippen LogP contribution in [0, 0.1) is 11.7 Å². The van der Waals surface area contributed by atoms with Gasteiger partial charge in [-0.1, -0.05) is 44.2 Å². The van der Waals surface area contributed by atoms with E-state index >= 15 is 0 Å². The summed E-state index contributed by atoms with van der Waals surface area (Å²) in [7, 11) is 4.10. The summed E-state index contributed by atoms with van der Waals surface area (Å²) in [5, 5.41) is 14.7. The van der Waals surface area contributed by atoms with Gasteiger partial charge in [0, 0.05) is 30.2 Å². The largest absolute Gasteiger partial charge is 0.358 e. The molecular formula is C39H48FN7. The van der Waals surface area contributed by atoms with E-state index < -0.39 is 0 Å². The van der Waals surface area contributed by atoms with Gasteiger partial charge in [0.2, 0.25) is 0 Å². The number of nitrogens with one attached hydrogen (secondary N) is 3. The summed E-state index contributed by atoms with van der Waals surface area (Å²) in [4.78, 5) is 11.6. The van der Waals surface area contributed by atoms with Crippen LogP contribution in [0.15, 0.2) is 85.4 Å². The van der Waals surface area contributed by atoms with Crippen molar-refractivity contribution in [2.45, 2.75) is 58.9 Å². The summed E-state index contributed by atoms with van der Waals surface area (Å²) in [5.74, 6) is 0.548. The molecule has 1 aliphatic rings. The van der Waals surface area contributed by atoms with Crippen molar-refractivity contribution in [3.05, 3.63) is 114 Å². The van der Waals surface area contributed by atoms with E-state index in [1.54, 1.807) is 18.2 Å². The van der Waals surface area contributed by atoms with E-state index in [0.29, 0.717) is 11.4 Å². The van der Waals surface area contributed by atoms with Gasteiger partial charge in [0.1, 0.15) is 17.0 Å². The van der Waals surface area contributed by atoms with Gasteiger partial charge in [0.15, 0.2) is 0 Å². The van der Waals surface area contributed by atoms with Crippen LogP contribution in [0.1, 0.15) is 68.3 Å². The standard InChI is InChI=1S/C39H48FN7/c1-7-11-35(32-18-30(20-34(40)21-32)14-10-17-47(5)6)26(2)27(3)43-28(4)38-39-37(45-46-38)16-15-36(44-39)33-19-31(24-42-25-33)23-41-22-29-12-8-9-13-29/h7,11,15-16,18-21,24-25,29,41,43H,1,4,8-10,12-14,17,22-23H2,2-3,5-6H3,(H,45,46)/b27-26+,35-11+. The average molecular weight is 634 g/mol. The smallest absolute Gasteiger partial charge is 0.134 e. The fraction of sp³-hybridized carbons (Fsp3) is 0.359. The fourth-order valence-corrected chi connectivity index (χ4v) is 6.32. The summed E-state index contributed by atoms with van der Waals surface area (Å²) in [6, 6.07) is 11.4. The van der Waals surface area contributed by atoms with E-state index in [9.17, 15) is 4.39 Å². The first kappa shape index (κ1) is 33.9. The highest BCUT2D eigenvalue weighted by molar-refractivity contribution is 5.88. The highest BCUT2D eigenvalue weighted by Gasteiger charge is 2.16. The second-order valence-electron chi connectivity index (χ2n) is 13.0. The van der Waals surface area contributed by atoms with Gasteiger partial charge < -0.3 is 15.5 Å². The lowest BCUT2D eigenvalue weighted by atomic mass is 9.94. The van der Waals surface area contributed by atoms with Gasteiger partial charge in [-0.15, -0.1) is 0 Å². The van der Waals surface area contributed by atoms with Crippen LogP contribution < -0.4 is 10.6 Å². The van der Waals surface area contributed by atoms with Crippen LogP contribution in [0.3, 0.4) is 0 Å². The molecule has 0 bridgehead atoms. The molecule has 246 valence electrons. The molecule has 1 aromatic carbocycles. The SMILES string of the molecule is C=C/C=C(\C(C)=C(/C)NC(=C)c1n[nH]c2ccc(-c3cncc(CNCC4CCCC4)c3)nc12)c1cc(F)cc(CCCN(C)C)c1. The van der Waals surface area contributed by atoms with E-state index in [2.05, 4.69) is 56.0 Å². The average Bonchev–Trinajstić information content (AvgIpc) is 3.73. The van der Waals surface area contributed by atoms with Crippen molar-refractivity contribution in [1.29, 1.82) is 0 Å². The number of aromatic nitrogens is 4. The molecule has 0 spiro atoms. The number of nitrogens with zero attached hydrogens (tertiary/aromatic N) is 4. The number of rotatable bonds is 15. The normalized spacial score (nSPS) is 14.6. The molecule has 1 fully saturated rings. The zero-order chi connectivity index (χ0) is 33.3. The molecule has 0 saturated heterocycles. The van der Waals surface area contributed by atoms with Gasteiger partial charge in [-0.25, -0.2) is 9.37 Å². The van der Waals surface area contributed by atoms with Gasteiger partial charge in [-0.3, -0.25) is 10.1 Å². The number of hydrogen-bond donors (Lipinski definition) is 3. The molecule has 1 aliphatic carbocycles. The molecule has 0 radical (unpaired) electrons. The Kier molecular flexibility index (Phi) is 11.5. The molecule has 0 atom stereocenters. The quantitative estimate of drug-likeness (QED) is 0.115. The number of benzene rings is 1. The summed E-state index contributed by atoms with van der Waals surface area (Å²) in [5.41, 5.74) is 10.2. The van der Waals surface area contributed by atoms with Crippen molar-refractivity contribution in [3.8, 4) is 11.3 Å². The molecule has 0 amide bonds. The summed E-state index contributed by atoms with van der Waals surface area (Å²) in [6.45, 7) is 15.0. The molecule has 7 nitrogen and oxygen atoms in total. The Morgan fingerprint density at radius 3 is 2.66 bits per heavy atom. The second kappa shape index (κ2) is 15.9. The Morgan fingerprint density at radius 1 is 1.09 bits per heavy atom. The van der Waals surface area contributed by atoms with E-state index in [4.69, 9.17) is 4.98 Å². The van der Waals surface area contributed by atoms with Gasteiger partial charge in [0.05, 0.1) is 16.9 Å². The Balaban J connectivity index is 1.33. The lowest BCUT2D eigenvalue weighted by Gasteiger charge is -2.16. The minimum Gasteiger partial charge on any atom is -0.358 e. The van der Waals surface area contributed by atoms with Gasteiger partial charge in [0.25, 0.3) is 0 Å². The minimum absolute atomic E-state index is 0.244. The molecule has 8 heteroatoms. The van der Waals surface area contributed by atoms with Crippen LogP contribution in [0.5, 0.6) is 0 Å². The van der Waals surface area contributed by atoms with Crippen molar-refractivity contribution < 1.29 is 4.39 Å². The van der Waals surface area contributed by atoms with Crippen LogP contribution in [0.4, 0.5) is 4.39 Å². The molecule has 0 aliphatic heterocycles. The van der Waals surface area contributed by atoms with Crippen LogP contribution in [-0.4, -0.2) is 52.3 Å². The molecule has 47 heavy (non-hydrogen) atoms. The maximum absolute atomic E-state index is 14.8. The second-order valence-corrected chi connectivity index (χ2v) is 13.0. The van der Waals surface area contributed by atoms with Gasteiger partial charge in [-0.2, -0.15) is 5.10 Å². The minimum atomic E-state index is -0.244. The third-order valence-electron chi connectivity index (χ3n) is 8.95. The Morgan fingerprint density at radius 2 is 1.89 bits per heavy atom. The van der Waals surface area contributed by atoms with E-state index in [1.165, 1.54) is 25.7 Å². The molecule has 5 rings (SSSR count). The number of H-pyrrole nitrogens is 1. The summed E-state index contributed by atoms with van der Waals surface area (Å²) >= 11 is 0. The zero-order valence-corrected chi connectivity index (χ0v) is 28.3. The lowest BCUT2D eigenvalue weighted by molar-refractivity contribution is 0.400. The van der Waals surface area contributed by atoms with Crippen molar-refractivity contribution >= 4 is 22.3 Å². The monoisotopic (exact) mass is 633 g/mol. The van der Waals surface area contributed by atoms with Crippen LogP contribution in [0.25, 0.3) is 33.6 Å². The molecule has 4 aromatic rings. The fourth-order valence-electron chi connectivity index (χ4n) is 6.32. The van der Waals surface area contributed by atoms with Crippen LogP contribution in [0.2, 0.25) is 0 Å². The maximum Gasteiger partial charge on any atom is 0.134 e. The van der Waals surface area contributed by atoms with Crippen molar-refractivity contribution in [2.75, 3.05) is 27.2 Å². The van der Waals surface area contributed by atoms with E-state index in [0.717, 1.165) is 94.2 Å². The van der Waals surface area contributed by atoms with E-state index in [1.807, 2.05) is 58.5 Å². The topological polar surface area (TPSA) is 81.8 Å². The number of aromatic amines is 1. The van der Waals surface area contributed by atoms with Gasteiger partial charge >= 0.3 is 0 Å². The first-order valence-corrected chi connectivity index (χ1v) is 16.6. The Labute approximate surface area is 278 Å². The van der Waals surface area contributed by atoms with E-state index in [-0.39, 0.29) is 5.82 Å². The number of pyridine rings is 2. The first-order valence-electron chi connectivity index (χ1n) is 16.6. The van der Waals surface area contributed by atoms with Crippen LogP contribution >= 0.6 is 0 Å². The molecule has 3 heterocycles. The summed E-state index contributed by atoms with van der Waals surface area (Å²) < 4.78 is 14.8. The number of fused-ring (bicyclic) bond motifs is 1. The van der Waals surface area contributed by atoms with Crippen LogP contribution in [-0.2, 0) is 13.0 Å². The predicted octanol–water partition coefficient (Wildman–Crippen LogP) is 8.06. The number of halogens is 1. The molecule has 0 unspecified atom stereocenters. The Bertz CT molecular complexity index is 1780. The number of hydrogen-bond acceptors (Lipinski definition) is 6. The zero-order valence-electron chi connectivity index (χ0n) is 28.3. The molecular weight excluding hydrogens is 585 g/mol. The number of allylic oxidation sites excluding steroid dienone is 5. The number of aryl methyl sites for hydroxylation is 1. The predicted molar refractivity (Wildman–Crippen MR) is 193 cm³/mol. The molecule has 3 N–H and O–H groups in total. The van der Waals surface area contributed by atoms with Crippen molar-refractivity contribution in [1.82, 2.24) is 35.7 Å². The first-order chi connectivity index (χ1) is 22.7. The lowest BCUT2D eigenvalue weighted by Crippen LogP contribution is -2.20. The third kappa shape index (κ3) is 8.90. The van der Waals surface area contributed by atoms with Crippen molar-refractivity contribution in [3.63, 3.8) is 0 Å². The summed E-state index contributed by atoms with van der Waals surface area (Å²) in [6.07, 6.45) is 14.6. The maximum atomic E-state index is 14.8. The highest BCUT2D eigenvalue weighted by Crippen LogP contribution is 2.29. The molecule has 3 aromatic heterocycles. The Hall–Kier alpha value is -4.40. The van der Waals surface area contributed by atoms with Crippen molar-refractivity contribution in [2.24, 2.45) is 5.92 Å². The van der Waals surface area contributed by atoms with Gasteiger partial charge in [-0.05, 0) is 131 Å². The third-order valence-corrected chi connectivity index (χ3v) is 8.95. The molecule has 1 saturated carbocycles. The highest BCUT2D eigenvalue weighted by atomic mass is 19.1.